The Morgan fingerprint density at radius 2 is 1.73 bits per heavy atom. The second kappa shape index (κ2) is 8.50. The van der Waals surface area contributed by atoms with Gasteiger partial charge in [0.25, 0.3) is 5.91 Å². The Bertz CT molecular complexity index is 1230. The number of carbonyl (C=O) groups is 1. The number of aromatic nitrogens is 1. The van der Waals surface area contributed by atoms with E-state index in [2.05, 4.69) is 11.9 Å². The number of nitrogens with zero attached hydrogens (tertiary/aromatic N) is 1. The molecule has 0 saturated carbocycles. The van der Waals surface area contributed by atoms with Crippen molar-refractivity contribution in [3.63, 3.8) is 0 Å². The van der Waals surface area contributed by atoms with Crippen LogP contribution in [0.15, 0.2) is 71.0 Å². The molecular weight excluding hydrogens is 420 g/mol. The number of allylic oxidation sites excluding steroid dienone is 1. The minimum Gasteiger partial charge on any atom is -0.327 e. The lowest BCUT2D eigenvalue weighted by Crippen LogP contribution is -2.18. The normalized spacial score (nSPS) is 11.3. The first-order valence-electron chi connectivity index (χ1n) is 9.36. The van der Waals surface area contributed by atoms with Crippen molar-refractivity contribution in [2.75, 3.05) is 5.32 Å². The first-order valence-corrected chi connectivity index (χ1v) is 11.2. The molecule has 5 nitrogen and oxygen atoms in total. The standard InChI is InChI=1S/C23H23ClN2O3S/c1-5-14-26-17(4)16(3)21(30(28,29)18-12-10-15(2)11-13-18)22(26)25-23(27)19-8-6-7-9-20(19)24/h5-13H,1,14H2,2-4H3,(H,25,27). The zero-order chi connectivity index (χ0) is 22.1. The number of sulfone groups is 1. The number of aryl methyl sites for hydroxylation is 1. The van der Waals surface area contributed by atoms with Crippen molar-refractivity contribution in [2.45, 2.75) is 37.1 Å². The summed E-state index contributed by atoms with van der Waals surface area (Å²) < 4.78 is 28.8. The molecule has 1 aromatic heterocycles. The number of hydrogen-bond acceptors (Lipinski definition) is 3. The Morgan fingerprint density at radius 3 is 2.33 bits per heavy atom. The van der Waals surface area contributed by atoms with E-state index < -0.39 is 15.7 Å². The second-order valence-electron chi connectivity index (χ2n) is 7.04. The molecule has 3 rings (SSSR count). The summed E-state index contributed by atoms with van der Waals surface area (Å²) in [5.41, 5.74) is 2.53. The lowest BCUT2D eigenvalue weighted by Gasteiger charge is -2.14. The van der Waals surface area contributed by atoms with Crippen molar-refractivity contribution >= 4 is 33.2 Å². The summed E-state index contributed by atoms with van der Waals surface area (Å²) in [6.45, 7) is 9.54. The quantitative estimate of drug-likeness (QED) is 0.524. The number of hydrogen-bond donors (Lipinski definition) is 1. The van der Waals surface area contributed by atoms with Gasteiger partial charge in [-0.1, -0.05) is 47.5 Å². The average Bonchev–Trinajstić information content (AvgIpc) is 2.93. The lowest BCUT2D eigenvalue weighted by atomic mass is 10.2. The molecule has 0 fully saturated rings. The van der Waals surface area contributed by atoms with Crippen LogP contribution in [0, 0.1) is 20.8 Å². The van der Waals surface area contributed by atoms with Crippen molar-refractivity contribution in [1.82, 2.24) is 4.57 Å². The van der Waals surface area contributed by atoms with Gasteiger partial charge in [-0.3, -0.25) is 4.79 Å². The minimum absolute atomic E-state index is 0.0751. The highest BCUT2D eigenvalue weighted by Gasteiger charge is 2.30. The highest BCUT2D eigenvalue weighted by molar-refractivity contribution is 7.91. The molecule has 30 heavy (non-hydrogen) atoms. The number of nitrogens with one attached hydrogen (secondary N) is 1. The lowest BCUT2D eigenvalue weighted by molar-refractivity contribution is 0.102. The van der Waals surface area contributed by atoms with E-state index in [1.54, 1.807) is 66.1 Å². The van der Waals surface area contributed by atoms with Crippen LogP contribution >= 0.6 is 11.6 Å². The summed E-state index contributed by atoms with van der Waals surface area (Å²) in [4.78, 5) is 13.2. The molecule has 0 aliphatic rings. The molecule has 156 valence electrons. The molecule has 0 aliphatic carbocycles. The Labute approximate surface area is 181 Å². The second-order valence-corrected chi connectivity index (χ2v) is 9.33. The SMILES string of the molecule is C=CCn1c(C)c(C)c(S(=O)(=O)c2ccc(C)cc2)c1NC(=O)c1ccccc1Cl. The summed E-state index contributed by atoms with van der Waals surface area (Å²) in [6.07, 6.45) is 1.65. The van der Waals surface area contributed by atoms with Crippen LogP contribution in [0.3, 0.4) is 0 Å². The van der Waals surface area contributed by atoms with E-state index in [1.165, 1.54) is 0 Å². The van der Waals surface area contributed by atoms with Gasteiger partial charge in [0, 0.05) is 12.2 Å². The Morgan fingerprint density at radius 1 is 1.10 bits per heavy atom. The van der Waals surface area contributed by atoms with Crippen molar-refractivity contribution in [1.29, 1.82) is 0 Å². The summed E-state index contributed by atoms with van der Waals surface area (Å²) >= 11 is 6.16. The molecule has 2 aromatic carbocycles. The maximum Gasteiger partial charge on any atom is 0.258 e. The third-order valence-corrected chi connectivity index (χ3v) is 7.29. The molecule has 0 unspecified atom stereocenters. The van der Waals surface area contributed by atoms with Crippen LogP contribution in [0.25, 0.3) is 0 Å². The summed E-state index contributed by atoms with van der Waals surface area (Å²) in [6, 6.07) is 13.3. The topological polar surface area (TPSA) is 68.2 Å². The Kier molecular flexibility index (Phi) is 6.19. The third kappa shape index (κ3) is 3.93. The van der Waals surface area contributed by atoms with Gasteiger partial charge in [-0.05, 0) is 50.6 Å². The summed E-state index contributed by atoms with van der Waals surface area (Å²) in [7, 11) is -3.88. The van der Waals surface area contributed by atoms with Gasteiger partial charge in [0.05, 0.1) is 15.5 Å². The fourth-order valence-corrected chi connectivity index (χ4v) is 5.22. The van der Waals surface area contributed by atoms with Gasteiger partial charge in [0.1, 0.15) is 10.7 Å². The molecular formula is C23H23ClN2O3S. The molecule has 7 heteroatoms. The largest absolute Gasteiger partial charge is 0.327 e. The van der Waals surface area contributed by atoms with Crippen LogP contribution in [0.2, 0.25) is 5.02 Å². The van der Waals surface area contributed by atoms with E-state index in [0.717, 1.165) is 11.3 Å². The fraction of sp³-hybridized carbons (Fsp3) is 0.174. The minimum atomic E-state index is -3.88. The Hall–Kier alpha value is -2.83. The summed E-state index contributed by atoms with van der Waals surface area (Å²) in [5, 5.41) is 3.07. The van der Waals surface area contributed by atoms with E-state index in [-0.39, 0.29) is 26.2 Å². The molecule has 1 amide bonds. The van der Waals surface area contributed by atoms with Crippen LogP contribution < -0.4 is 5.32 Å². The molecule has 1 N–H and O–H groups in total. The van der Waals surface area contributed by atoms with Gasteiger partial charge in [-0.25, -0.2) is 8.42 Å². The molecule has 3 aromatic rings. The smallest absolute Gasteiger partial charge is 0.258 e. The number of halogens is 1. The van der Waals surface area contributed by atoms with Gasteiger partial charge >= 0.3 is 0 Å². The van der Waals surface area contributed by atoms with Crippen molar-refractivity contribution in [2.24, 2.45) is 0 Å². The zero-order valence-electron chi connectivity index (χ0n) is 17.1. The van der Waals surface area contributed by atoms with Crippen molar-refractivity contribution in [3.8, 4) is 0 Å². The van der Waals surface area contributed by atoms with Crippen molar-refractivity contribution < 1.29 is 13.2 Å². The van der Waals surface area contributed by atoms with Gasteiger partial charge in [0.15, 0.2) is 0 Å². The van der Waals surface area contributed by atoms with E-state index >= 15 is 0 Å². The molecule has 0 aliphatic heterocycles. The van der Waals surface area contributed by atoms with E-state index in [4.69, 9.17) is 11.6 Å². The highest BCUT2D eigenvalue weighted by atomic mass is 35.5. The van der Waals surface area contributed by atoms with Gasteiger partial charge < -0.3 is 9.88 Å². The maximum absolute atomic E-state index is 13.5. The number of amides is 1. The van der Waals surface area contributed by atoms with Crippen molar-refractivity contribution in [3.05, 3.63) is 88.6 Å². The predicted molar refractivity (Wildman–Crippen MR) is 120 cm³/mol. The highest BCUT2D eigenvalue weighted by Crippen LogP contribution is 2.36. The Balaban J connectivity index is 2.20. The zero-order valence-corrected chi connectivity index (χ0v) is 18.6. The van der Waals surface area contributed by atoms with Crippen LogP contribution in [-0.4, -0.2) is 18.9 Å². The molecule has 1 heterocycles. The molecule has 0 spiro atoms. The number of anilines is 1. The fourth-order valence-electron chi connectivity index (χ4n) is 3.30. The van der Waals surface area contributed by atoms with Gasteiger partial charge in [-0.15, -0.1) is 6.58 Å². The first-order chi connectivity index (χ1) is 14.2. The molecule has 0 bridgehead atoms. The van der Waals surface area contributed by atoms with Gasteiger partial charge in [0.2, 0.25) is 9.84 Å². The maximum atomic E-state index is 13.5. The van der Waals surface area contributed by atoms with Crippen LogP contribution in [0.1, 0.15) is 27.2 Å². The number of carbonyl (C=O) groups excluding carboxylic acids is 1. The number of rotatable bonds is 6. The number of benzene rings is 2. The van der Waals surface area contributed by atoms with Crippen LogP contribution in [0.5, 0.6) is 0 Å². The molecule has 0 atom stereocenters. The third-order valence-electron chi connectivity index (χ3n) is 5.04. The molecule has 0 radical (unpaired) electrons. The average molecular weight is 443 g/mol. The predicted octanol–water partition coefficient (Wildman–Crippen LogP) is 5.34. The van der Waals surface area contributed by atoms with Crippen LogP contribution in [0.4, 0.5) is 5.82 Å². The van der Waals surface area contributed by atoms with E-state index in [9.17, 15) is 13.2 Å². The van der Waals surface area contributed by atoms with E-state index in [1.807, 2.05) is 13.8 Å². The first kappa shape index (κ1) is 21.9. The van der Waals surface area contributed by atoms with E-state index in [0.29, 0.717) is 12.1 Å². The van der Waals surface area contributed by atoms with Crippen LogP contribution in [-0.2, 0) is 16.4 Å². The monoisotopic (exact) mass is 442 g/mol. The van der Waals surface area contributed by atoms with Gasteiger partial charge in [-0.2, -0.15) is 0 Å². The summed E-state index contributed by atoms with van der Waals surface area (Å²) in [5.74, 6) is -0.279. The molecule has 0 saturated heterocycles.